The number of β-amino-alcohol motifs (C(OH)–C–C–N with tert-alkyl or cyclic N) is 1. The number of amides is 1. The molecule has 0 bridgehead atoms. The summed E-state index contributed by atoms with van der Waals surface area (Å²) < 4.78 is 16.4. The highest BCUT2D eigenvalue weighted by molar-refractivity contribution is 5.76. The third kappa shape index (κ3) is 5.26. The molecule has 2 atom stereocenters. The largest absolute Gasteiger partial charge is 0.493 e. The molecule has 25 heavy (non-hydrogen) atoms. The molecule has 0 radical (unpaired) electrons. The Hall–Kier alpha value is -1.95. The standard InChI is InChI=1S/C19H29NO5/c1-13(2)5-8-19(22)20-10-9-16(15(21)12-20)25-14-6-7-17(23-3)18(11-14)24-4/h6-7,11,13,15-16,21H,5,8-10,12H2,1-4H3/t15-,16-/m1/s1. The van der Waals surface area contributed by atoms with Gasteiger partial charge < -0.3 is 24.2 Å². The molecule has 1 N–H and O–H groups in total. The van der Waals surface area contributed by atoms with Gasteiger partial charge in [-0.3, -0.25) is 4.79 Å². The van der Waals surface area contributed by atoms with E-state index >= 15 is 0 Å². The lowest BCUT2D eigenvalue weighted by atomic mass is 10.0. The van der Waals surface area contributed by atoms with Crippen LogP contribution in [0, 0.1) is 5.92 Å². The zero-order valence-corrected chi connectivity index (χ0v) is 15.5. The van der Waals surface area contributed by atoms with Gasteiger partial charge in [0.15, 0.2) is 11.5 Å². The lowest BCUT2D eigenvalue weighted by molar-refractivity contribution is -0.137. The van der Waals surface area contributed by atoms with Crippen LogP contribution in [-0.2, 0) is 4.79 Å². The summed E-state index contributed by atoms with van der Waals surface area (Å²) in [6.45, 7) is 5.12. The van der Waals surface area contributed by atoms with Crippen LogP contribution in [0.3, 0.4) is 0 Å². The summed E-state index contributed by atoms with van der Waals surface area (Å²) in [4.78, 5) is 13.9. The van der Waals surface area contributed by atoms with Crippen molar-refractivity contribution in [2.24, 2.45) is 5.92 Å². The molecule has 2 rings (SSSR count). The number of rotatable bonds is 7. The predicted octanol–water partition coefficient (Wildman–Crippen LogP) is 2.48. The van der Waals surface area contributed by atoms with E-state index in [2.05, 4.69) is 13.8 Å². The topological polar surface area (TPSA) is 68.2 Å². The molecule has 6 nitrogen and oxygen atoms in total. The third-order valence-electron chi connectivity index (χ3n) is 4.45. The first-order valence-electron chi connectivity index (χ1n) is 8.79. The van der Waals surface area contributed by atoms with Gasteiger partial charge in [0.2, 0.25) is 5.91 Å². The minimum Gasteiger partial charge on any atom is -0.493 e. The second kappa shape index (κ2) is 8.94. The van der Waals surface area contributed by atoms with Gasteiger partial charge in [-0.15, -0.1) is 0 Å². The average molecular weight is 351 g/mol. The van der Waals surface area contributed by atoms with Crippen LogP contribution < -0.4 is 14.2 Å². The quantitative estimate of drug-likeness (QED) is 0.817. The molecule has 1 aliphatic rings. The third-order valence-corrected chi connectivity index (χ3v) is 4.45. The van der Waals surface area contributed by atoms with E-state index < -0.39 is 6.10 Å². The van der Waals surface area contributed by atoms with Crippen LogP contribution in [0.5, 0.6) is 17.2 Å². The van der Waals surface area contributed by atoms with Gasteiger partial charge in [-0.2, -0.15) is 0 Å². The van der Waals surface area contributed by atoms with Crippen LogP contribution >= 0.6 is 0 Å². The van der Waals surface area contributed by atoms with Gasteiger partial charge in [0, 0.05) is 25.5 Å². The number of hydrogen-bond donors (Lipinski definition) is 1. The predicted molar refractivity (Wildman–Crippen MR) is 95.2 cm³/mol. The molecular weight excluding hydrogens is 322 g/mol. The first-order chi connectivity index (χ1) is 11.9. The monoisotopic (exact) mass is 351 g/mol. The zero-order valence-electron chi connectivity index (χ0n) is 15.5. The van der Waals surface area contributed by atoms with E-state index in [1.54, 1.807) is 37.3 Å². The highest BCUT2D eigenvalue weighted by atomic mass is 16.5. The Kier molecular flexibility index (Phi) is 6.93. The second-order valence-electron chi connectivity index (χ2n) is 6.80. The maximum absolute atomic E-state index is 12.2. The van der Waals surface area contributed by atoms with Crippen molar-refractivity contribution in [3.8, 4) is 17.2 Å². The number of piperidine rings is 1. The molecule has 1 fully saturated rings. The van der Waals surface area contributed by atoms with Gasteiger partial charge in [-0.1, -0.05) is 13.8 Å². The number of carbonyl (C=O) groups excluding carboxylic acids is 1. The van der Waals surface area contributed by atoms with Crippen molar-refractivity contribution in [1.82, 2.24) is 4.90 Å². The van der Waals surface area contributed by atoms with Crippen molar-refractivity contribution in [2.45, 2.75) is 45.3 Å². The fourth-order valence-corrected chi connectivity index (χ4v) is 2.91. The van der Waals surface area contributed by atoms with Crippen molar-refractivity contribution in [3.63, 3.8) is 0 Å². The maximum atomic E-state index is 12.2. The Balaban J connectivity index is 1.92. The highest BCUT2D eigenvalue weighted by Gasteiger charge is 2.31. The Labute approximate surface area is 149 Å². The van der Waals surface area contributed by atoms with Crippen molar-refractivity contribution in [3.05, 3.63) is 18.2 Å². The maximum Gasteiger partial charge on any atom is 0.222 e. The molecule has 1 saturated heterocycles. The van der Waals surface area contributed by atoms with E-state index in [-0.39, 0.29) is 12.0 Å². The molecule has 1 aliphatic heterocycles. The smallest absolute Gasteiger partial charge is 0.222 e. The van der Waals surface area contributed by atoms with Crippen molar-refractivity contribution >= 4 is 5.91 Å². The summed E-state index contributed by atoms with van der Waals surface area (Å²) in [5.41, 5.74) is 0. The molecule has 1 aromatic carbocycles. The molecule has 6 heteroatoms. The second-order valence-corrected chi connectivity index (χ2v) is 6.80. The van der Waals surface area contributed by atoms with Crippen LogP contribution in [0.2, 0.25) is 0 Å². The van der Waals surface area contributed by atoms with E-state index in [0.717, 1.165) is 6.42 Å². The van der Waals surface area contributed by atoms with Gasteiger partial charge in [0.05, 0.1) is 20.8 Å². The SMILES string of the molecule is COc1ccc(O[C@@H]2CCN(C(=O)CCC(C)C)C[C@H]2O)cc1OC. The molecule has 1 aromatic rings. The number of aliphatic hydroxyl groups is 1. The molecular formula is C19H29NO5. The van der Waals surface area contributed by atoms with Gasteiger partial charge >= 0.3 is 0 Å². The molecule has 0 spiro atoms. The summed E-state index contributed by atoms with van der Waals surface area (Å²) in [5.74, 6) is 2.43. The summed E-state index contributed by atoms with van der Waals surface area (Å²) in [5, 5.41) is 10.4. The summed E-state index contributed by atoms with van der Waals surface area (Å²) in [6.07, 6.45) is 0.961. The Morgan fingerprint density at radius 3 is 2.60 bits per heavy atom. The number of methoxy groups -OCH3 is 2. The van der Waals surface area contributed by atoms with Crippen molar-refractivity contribution in [1.29, 1.82) is 0 Å². The van der Waals surface area contributed by atoms with E-state index in [0.29, 0.717) is 49.1 Å². The number of likely N-dealkylation sites (tertiary alicyclic amines) is 1. The average Bonchev–Trinajstić information content (AvgIpc) is 2.61. The fraction of sp³-hybridized carbons (Fsp3) is 0.632. The first-order valence-corrected chi connectivity index (χ1v) is 8.79. The molecule has 1 heterocycles. The molecule has 0 unspecified atom stereocenters. The molecule has 1 amide bonds. The molecule has 0 saturated carbocycles. The van der Waals surface area contributed by atoms with Gasteiger partial charge in [-0.25, -0.2) is 0 Å². The van der Waals surface area contributed by atoms with Gasteiger partial charge in [0.1, 0.15) is 18.0 Å². The van der Waals surface area contributed by atoms with Gasteiger partial charge in [-0.05, 0) is 24.5 Å². The summed E-state index contributed by atoms with van der Waals surface area (Å²) in [7, 11) is 3.14. The number of ether oxygens (including phenoxy) is 3. The van der Waals surface area contributed by atoms with E-state index in [9.17, 15) is 9.90 Å². The minimum absolute atomic E-state index is 0.109. The van der Waals surface area contributed by atoms with Crippen LogP contribution in [0.25, 0.3) is 0 Å². The fourth-order valence-electron chi connectivity index (χ4n) is 2.91. The van der Waals surface area contributed by atoms with E-state index in [1.165, 1.54) is 0 Å². The molecule has 0 aliphatic carbocycles. The first kappa shape index (κ1) is 19.4. The van der Waals surface area contributed by atoms with E-state index in [1.807, 2.05) is 0 Å². The molecule has 0 aromatic heterocycles. The Morgan fingerprint density at radius 1 is 1.28 bits per heavy atom. The summed E-state index contributed by atoms with van der Waals surface area (Å²) >= 11 is 0. The van der Waals surface area contributed by atoms with E-state index in [4.69, 9.17) is 14.2 Å². The van der Waals surface area contributed by atoms with Crippen molar-refractivity contribution < 1.29 is 24.1 Å². The number of hydrogen-bond acceptors (Lipinski definition) is 5. The number of benzene rings is 1. The number of aliphatic hydroxyl groups excluding tert-OH is 1. The Bertz CT molecular complexity index is 575. The minimum atomic E-state index is -0.704. The van der Waals surface area contributed by atoms with Crippen LogP contribution in [0.4, 0.5) is 0 Å². The van der Waals surface area contributed by atoms with Crippen LogP contribution in [-0.4, -0.2) is 55.4 Å². The number of nitrogens with zero attached hydrogens (tertiary/aromatic N) is 1. The zero-order chi connectivity index (χ0) is 18.4. The van der Waals surface area contributed by atoms with Crippen molar-refractivity contribution in [2.75, 3.05) is 27.3 Å². The summed E-state index contributed by atoms with van der Waals surface area (Å²) in [6, 6.07) is 5.30. The highest BCUT2D eigenvalue weighted by Crippen LogP contribution is 2.32. The normalized spacial score (nSPS) is 20.5. The van der Waals surface area contributed by atoms with Crippen LogP contribution in [0.15, 0.2) is 18.2 Å². The lowest BCUT2D eigenvalue weighted by Gasteiger charge is -2.36. The van der Waals surface area contributed by atoms with Crippen LogP contribution in [0.1, 0.15) is 33.1 Å². The molecule has 140 valence electrons. The Morgan fingerprint density at radius 2 is 2.00 bits per heavy atom. The van der Waals surface area contributed by atoms with Gasteiger partial charge in [0.25, 0.3) is 0 Å². The number of carbonyl (C=O) groups is 1. The lowest BCUT2D eigenvalue weighted by Crippen LogP contribution is -2.51.